The third-order valence-corrected chi connectivity index (χ3v) is 4.85. The Balaban J connectivity index is 2.52. The second-order valence-corrected chi connectivity index (χ2v) is 6.73. The second-order valence-electron chi connectivity index (χ2n) is 3.77. The van der Waals surface area contributed by atoms with Gasteiger partial charge in [0.2, 0.25) is 10.0 Å². The van der Waals surface area contributed by atoms with Crippen LogP contribution in [0.3, 0.4) is 0 Å². The molecule has 1 rings (SSSR count). The number of aliphatic hydroxyl groups excluding tert-OH is 1. The lowest BCUT2D eigenvalue weighted by atomic mass is 10.3. The van der Waals surface area contributed by atoms with Crippen LogP contribution in [0.25, 0.3) is 0 Å². The summed E-state index contributed by atoms with van der Waals surface area (Å²) >= 11 is 1.54. The molecular formula is C11H17FN2O3S2. The van der Waals surface area contributed by atoms with Gasteiger partial charge in [-0.1, -0.05) is 0 Å². The summed E-state index contributed by atoms with van der Waals surface area (Å²) in [6.07, 6.45) is 0.683. The quantitative estimate of drug-likeness (QED) is 0.488. The molecule has 0 aliphatic heterocycles. The van der Waals surface area contributed by atoms with Gasteiger partial charge >= 0.3 is 0 Å². The van der Waals surface area contributed by atoms with Crippen LogP contribution in [0.5, 0.6) is 0 Å². The van der Waals surface area contributed by atoms with Crippen molar-refractivity contribution in [1.82, 2.24) is 4.72 Å². The predicted octanol–water partition coefficient (Wildman–Crippen LogP) is 0.802. The maximum Gasteiger partial charge on any atom is 0.242 e. The highest BCUT2D eigenvalue weighted by atomic mass is 32.2. The van der Waals surface area contributed by atoms with Crippen LogP contribution in [0, 0.1) is 5.82 Å². The van der Waals surface area contributed by atoms with Crippen molar-refractivity contribution in [2.45, 2.75) is 11.3 Å². The molecule has 108 valence electrons. The van der Waals surface area contributed by atoms with Gasteiger partial charge < -0.3 is 10.8 Å². The molecule has 0 atom stereocenters. The topological polar surface area (TPSA) is 92.4 Å². The molecule has 4 N–H and O–H groups in total. The molecule has 0 heterocycles. The van der Waals surface area contributed by atoms with E-state index in [0.29, 0.717) is 12.2 Å². The van der Waals surface area contributed by atoms with Crippen LogP contribution in [0.1, 0.15) is 6.42 Å². The Labute approximate surface area is 116 Å². The number of hydrogen-bond acceptors (Lipinski definition) is 5. The fourth-order valence-corrected chi connectivity index (χ4v) is 3.41. The number of nitrogens with two attached hydrogens (primary N) is 1. The lowest BCUT2D eigenvalue weighted by Gasteiger charge is -2.08. The third kappa shape index (κ3) is 5.35. The first-order chi connectivity index (χ1) is 8.97. The zero-order valence-electron chi connectivity index (χ0n) is 10.3. The van der Waals surface area contributed by atoms with Crippen LogP contribution in [-0.2, 0) is 10.0 Å². The van der Waals surface area contributed by atoms with Crippen molar-refractivity contribution in [3.63, 3.8) is 0 Å². The highest BCUT2D eigenvalue weighted by Crippen LogP contribution is 2.18. The number of anilines is 1. The van der Waals surface area contributed by atoms with Gasteiger partial charge in [0.05, 0.1) is 5.69 Å². The molecule has 0 fully saturated rings. The van der Waals surface area contributed by atoms with Crippen LogP contribution >= 0.6 is 11.8 Å². The Kier molecular flexibility index (Phi) is 6.56. The normalized spacial score (nSPS) is 11.7. The molecule has 0 aliphatic rings. The van der Waals surface area contributed by atoms with Gasteiger partial charge in [0.1, 0.15) is 10.7 Å². The molecule has 0 unspecified atom stereocenters. The first kappa shape index (κ1) is 16.2. The van der Waals surface area contributed by atoms with Crippen LogP contribution in [0.2, 0.25) is 0 Å². The van der Waals surface area contributed by atoms with E-state index in [1.54, 1.807) is 11.8 Å². The summed E-state index contributed by atoms with van der Waals surface area (Å²) in [4.78, 5) is -0.116. The Hall–Kier alpha value is -0.830. The van der Waals surface area contributed by atoms with E-state index in [2.05, 4.69) is 4.72 Å². The Morgan fingerprint density at radius 1 is 1.37 bits per heavy atom. The van der Waals surface area contributed by atoms with E-state index in [1.165, 1.54) is 0 Å². The molecule has 0 saturated heterocycles. The molecule has 0 aliphatic carbocycles. The van der Waals surface area contributed by atoms with E-state index in [9.17, 15) is 12.8 Å². The van der Waals surface area contributed by atoms with Gasteiger partial charge in [-0.3, -0.25) is 0 Å². The van der Waals surface area contributed by atoms with Crippen LogP contribution < -0.4 is 10.5 Å². The molecule has 1 aromatic carbocycles. The SMILES string of the molecule is Nc1cc(F)ccc1S(=O)(=O)NCCSCCCO. The summed E-state index contributed by atoms with van der Waals surface area (Å²) in [5.74, 6) is 0.799. The number of rotatable bonds is 8. The summed E-state index contributed by atoms with van der Waals surface area (Å²) < 4.78 is 39.0. The Morgan fingerprint density at radius 3 is 2.74 bits per heavy atom. The van der Waals surface area contributed by atoms with E-state index in [-0.39, 0.29) is 23.7 Å². The van der Waals surface area contributed by atoms with E-state index < -0.39 is 15.8 Å². The lowest BCUT2D eigenvalue weighted by molar-refractivity contribution is 0.296. The van der Waals surface area contributed by atoms with E-state index in [1.807, 2.05) is 0 Å². The van der Waals surface area contributed by atoms with Crippen molar-refractivity contribution in [1.29, 1.82) is 0 Å². The second kappa shape index (κ2) is 7.68. The number of sulfonamides is 1. The average Bonchev–Trinajstić information content (AvgIpc) is 2.33. The highest BCUT2D eigenvalue weighted by molar-refractivity contribution is 7.99. The minimum Gasteiger partial charge on any atom is -0.398 e. The minimum absolute atomic E-state index is 0.111. The zero-order valence-corrected chi connectivity index (χ0v) is 11.9. The van der Waals surface area contributed by atoms with Crippen molar-refractivity contribution in [3.8, 4) is 0 Å². The molecule has 19 heavy (non-hydrogen) atoms. The molecule has 0 amide bonds. The van der Waals surface area contributed by atoms with Crippen LogP contribution in [0.15, 0.2) is 23.1 Å². The smallest absolute Gasteiger partial charge is 0.242 e. The van der Waals surface area contributed by atoms with Crippen LogP contribution in [-0.4, -0.2) is 38.2 Å². The van der Waals surface area contributed by atoms with Gasteiger partial charge in [-0.05, 0) is 30.4 Å². The standard InChI is InChI=1S/C11H17FN2O3S2/c12-9-2-3-11(10(13)8-9)19(16,17)14-4-7-18-6-1-5-15/h2-3,8,14-15H,1,4-7,13H2. The van der Waals surface area contributed by atoms with Gasteiger partial charge in [0, 0.05) is 18.9 Å². The van der Waals surface area contributed by atoms with Crippen molar-refractivity contribution in [2.24, 2.45) is 0 Å². The summed E-state index contributed by atoms with van der Waals surface area (Å²) in [5, 5.41) is 8.58. The molecule has 1 aromatic rings. The molecule has 0 aromatic heterocycles. The number of nitrogen functional groups attached to an aromatic ring is 1. The molecular weight excluding hydrogens is 291 g/mol. The average molecular weight is 308 g/mol. The number of aliphatic hydroxyl groups is 1. The van der Waals surface area contributed by atoms with Crippen molar-refractivity contribution >= 4 is 27.5 Å². The summed E-state index contributed by atoms with van der Waals surface area (Å²) in [6, 6.07) is 3.18. The molecule has 5 nitrogen and oxygen atoms in total. The Bertz CT molecular complexity index is 509. The number of benzene rings is 1. The molecule has 0 saturated carbocycles. The molecule has 0 radical (unpaired) electrons. The monoisotopic (exact) mass is 308 g/mol. The van der Waals surface area contributed by atoms with Gasteiger partial charge in [-0.15, -0.1) is 0 Å². The number of halogens is 1. The van der Waals surface area contributed by atoms with E-state index in [0.717, 1.165) is 24.0 Å². The van der Waals surface area contributed by atoms with E-state index in [4.69, 9.17) is 10.8 Å². The molecule has 8 heteroatoms. The largest absolute Gasteiger partial charge is 0.398 e. The maximum absolute atomic E-state index is 12.8. The summed E-state index contributed by atoms with van der Waals surface area (Å²) in [7, 11) is -3.70. The van der Waals surface area contributed by atoms with Gasteiger partial charge in [0.25, 0.3) is 0 Å². The maximum atomic E-state index is 12.8. The minimum atomic E-state index is -3.70. The van der Waals surface area contributed by atoms with Gasteiger partial charge in [-0.2, -0.15) is 11.8 Å². The fraction of sp³-hybridized carbons (Fsp3) is 0.455. The third-order valence-electron chi connectivity index (χ3n) is 2.25. The number of thioether (sulfide) groups is 1. The van der Waals surface area contributed by atoms with E-state index >= 15 is 0 Å². The zero-order chi connectivity index (χ0) is 14.3. The predicted molar refractivity (Wildman–Crippen MR) is 75.0 cm³/mol. The van der Waals surface area contributed by atoms with Crippen LogP contribution in [0.4, 0.5) is 10.1 Å². The summed E-state index contributed by atoms with van der Waals surface area (Å²) in [6.45, 7) is 0.389. The van der Waals surface area contributed by atoms with Crippen molar-refractivity contribution < 1.29 is 17.9 Å². The van der Waals surface area contributed by atoms with Crippen molar-refractivity contribution in [2.75, 3.05) is 30.4 Å². The molecule has 0 spiro atoms. The number of hydrogen-bond donors (Lipinski definition) is 3. The highest BCUT2D eigenvalue weighted by Gasteiger charge is 2.16. The number of nitrogens with one attached hydrogen (secondary N) is 1. The fourth-order valence-electron chi connectivity index (χ4n) is 1.36. The van der Waals surface area contributed by atoms with Gasteiger partial charge in [0.15, 0.2) is 0 Å². The molecule has 0 bridgehead atoms. The van der Waals surface area contributed by atoms with Gasteiger partial charge in [-0.25, -0.2) is 17.5 Å². The first-order valence-corrected chi connectivity index (χ1v) is 8.34. The van der Waals surface area contributed by atoms with Crippen molar-refractivity contribution in [3.05, 3.63) is 24.0 Å². The Morgan fingerprint density at radius 2 is 2.11 bits per heavy atom. The first-order valence-electron chi connectivity index (χ1n) is 5.70. The lowest BCUT2D eigenvalue weighted by Crippen LogP contribution is -2.27. The summed E-state index contributed by atoms with van der Waals surface area (Å²) in [5.41, 5.74) is 5.37.